The quantitative estimate of drug-likeness (QED) is 0.855. The molecular formula is C12H18N6O. The van der Waals surface area contributed by atoms with Gasteiger partial charge in [-0.25, -0.2) is 4.98 Å². The highest BCUT2D eigenvalue weighted by molar-refractivity contribution is 5.39. The van der Waals surface area contributed by atoms with E-state index in [0.717, 1.165) is 31.0 Å². The van der Waals surface area contributed by atoms with Crippen LogP contribution in [0, 0.1) is 0 Å². The van der Waals surface area contributed by atoms with Crippen LogP contribution in [0.4, 0.5) is 5.82 Å². The minimum atomic E-state index is 0.282. The predicted octanol–water partition coefficient (Wildman–Crippen LogP) is 1.78. The van der Waals surface area contributed by atoms with Crippen LogP contribution in [0.2, 0.25) is 0 Å². The number of nitrogens with one attached hydrogen (secondary N) is 1. The number of aryl methyl sites for hydroxylation is 2. The topological polar surface area (TPSA) is 77.8 Å². The molecule has 2 rings (SSSR count). The third kappa shape index (κ3) is 3.64. The summed E-state index contributed by atoms with van der Waals surface area (Å²) in [5.41, 5.74) is 0. The van der Waals surface area contributed by atoms with Crippen LogP contribution in [0.15, 0.2) is 12.4 Å². The van der Waals surface area contributed by atoms with Crippen LogP contribution in [0.1, 0.15) is 26.1 Å². The van der Waals surface area contributed by atoms with Crippen molar-refractivity contribution in [2.75, 3.05) is 11.9 Å². The maximum absolute atomic E-state index is 5.53. The van der Waals surface area contributed by atoms with Gasteiger partial charge >= 0.3 is 6.01 Å². The molecule has 7 heteroatoms. The van der Waals surface area contributed by atoms with Crippen molar-refractivity contribution in [3.63, 3.8) is 0 Å². The van der Waals surface area contributed by atoms with Crippen molar-refractivity contribution >= 4 is 5.82 Å². The molecule has 1 N–H and O–H groups in total. The number of aromatic nitrogens is 5. The van der Waals surface area contributed by atoms with Crippen molar-refractivity contribution in [3.05, 3.63) is 18.2 Å². The Kier molecular flexibility index (Phi) is 4.27. The van der Waals surface area contributed by atoms with E-state index < -0.39 is 0 Å². The van der Waals surface area contributed by atoms with E-state index in [-0.39, 0.29) is 6.01 Å². The summed E-state index contributed by atoms with van der Waals surface area (Å²) in [7, 11) is 1.78. The fourth-order valence-electron chi connectivity index (χ4n) is 1.49. The van der Waals surface area contributed by atoms with E-state index >= 15 is 0 Å². The standard InChI is InChI=1S/C12H18N6O/c1-4-6-13-10-7-11(16-9(5-2)15-10)19-12-14-8-18(3)17-12/h7-8H,4-6H2,1-3H3,(H,13,15,16). The molecular weight excluding hydrogens is 244 g/mol. The molecule has 0 saturated carbocycles. The number of hydrogen-bond acceptors (Lipinski definition) is 6. The van der Waals surface area contributed by atoms with Gasteiger partial charge in [0, 0.05) is 26.1 Å². The molecule has 7 nitrogen and oxygen atoms in total. The third-order valence-electron chi connectivity index (χ3n) is 2.40. The molecule has 2 aromatic rings. The molecule has 0 amide bonds. The van der Waals surface area contributed by atoms with Crippen molar-refractivity contribution in [3.8, 4) is 11.9 Å². The van der Waals surface area contributed by atoms with Gasteiger partial charge in [0.05, 0.1) is 0 Å². The highest BCUT2D eigenvalue weighted by atomic mass is 16.5. The van der Waals surface area contributed by atoms with Gasteiger partial charge in [0.1, 0.15) is 18.0 Å². The minimum absolute atomic E-state index is 0.282. The Morgan fingerprint density at radius 1 is 1.32 bits per heavy atom. The summed E-state index contributed by atoms with van der Waals surface area (Å²) in [5.74, 6) is 1.95. The van der Waals surface area contributed by atoms with Crippen LogP contribution in [-0.4, -0.2) is 31.3 Å². The average molecular weight is 262 g/mol. The van der Waals surface area contributed by atoms with E-state index in [4.69, 9.17) is 4.74 Å². The summed E-state index contributed by atoms with van der Waals surface area (Å²) in [6, 6.07) is 2.04. The number of nitrogens with zero attached hydrogens (tertiary/aromatic N) is 5. The summed E-state index contributed by atoms with van der Waals surface area (Å²) in [4.78, 5) is 12.7. The molecule has 0 bridgehead atoms. The van der Waals surface area contributed by atoms with Crippen LogP contribution in [-0.2, 0) is 13.5 Å². The average Bonchev–Trinajstić information content (AvgIpc) is 2.81. The van der Waals surface area contributed by atoms with Crippen molar-refractivity contribution < 1.29 is 4.74 Å². The number of anilines is 1. The zero-order valence-corrected chi connectivity index (χ0v) is 11.4. The Morgan fingerprint density at radius 2 is 2.16 bits per heavy atom. The molecule has 0 aromatic carbocycles. The van der Waals surface area contributed by atoms with E-state index in [2.05, 4.69) is 32.3 Å². The summed E-state index contributed by atoms with van der Waals surface area (Å²) < 4.78 is 7.11. The van der Waals surface area contributed by atoms with Crippen molar-refractivity contribution in [2.45, 2.75) is 26.7 Å². The molecule has 0 saturated heterocycles. The molecule has 0 spiro atoms. The van der Waals surface area contributed by atoms with Crippen molar-refractivity contribution in [2.24, 2.45) is 7.05 Å². The van der Waals surface area contributed by atoms with Gasteiger partial charge < -0.3 is 10.1 Å². The highest BCUT2D eigenvalue weighted by Crippen LogP contribution is 2.18. The molecule has 0 aliphatic carbocycles. The molecule has 102 valence electrons. The van der Waals surface area contributed by atoms with Crippen LogP contribution < -0.4 is 10.1 Å². The molecule has 0 aliphatic rings. The smallest absolute Gasteiger partial charge is 0.342 e. The summed E-state index contributed by atoms with van der Waals surface area (Å²) >= 11 is 0. The first-order valence-electron chi connectivity index (χ1n) is 6.36. The van der Waals surface area contributed by atoms with Crippen LogP contribution in [0.25, 0.3) is 0 Å². The second kappa shape index (κ2) is 6.12. The van der Waals surface area contributed by atoms with E-state index in [1.54, 1.807) is 24.1 Å². The maximum atomic E-state index is 5.53. The molecule has 19 heavy (non-hydrogen) atoms. The van der Waals surface area contributed by atoms with Gasteiger partial charge in [-0.2, -0.15) is 9.97 Å². The zero-order chi connectivity index (χ0) is 13.7. The van der Waals surface area contributed by atoms with Crippen LogP contribution in [0.3, 0.4) is 0 Å². The molecule has 0 aliphatic heterocycles. The minimum Gasteiger partial charge on any atom is -0.404 e. The van der Waals surface area contributed by atoms with Crippen molar-refractivity contribution in [1.82, 2.24) is 24.7 Å². The zero-order valence-electron chi connectivity index (χ0n) is 11.4. The Bertz CT molecular complexity index is 539. The van der Waals surface area contributed by atoms with Crippen molar-refractivity contribution in [1.29, 1.82) is 0 Å². The van der Waals surface area contributed by atoms with E-state index in [1.165, 1.54) is 0 Å². The lowest BCUT2D eigenvalue weighted by molar-refractivity contribution is 0.420. The lowest BCUT2D eigenvalue weighted by atomic mass is 10.4. The molecule has 2 aromatic heterocycles. The van der Waals surface area contributed by atoms with E-state index in [9.17, 15) is 0 Å². The summed E-state index contributed by atoms with van der Waals surface area (Å²) in [6.45, 7) is 4.97. The first kappa shape index (κ1) is 13.3. The first-order valence-corrected chi connectivity index (χ1v) is 6.36. The lowest BCUT2D eigenvalue weighted by Gasteiger charge is -2.07. The summed E-state index contributed by atoms with van der Waals surface area (Å²) in [6.07, 6.45) is 3.35. The number of hydrogen-bond donors (Lipinski definition) is 1. The molecule has 0 fully saturated rings. The predicted molar refractivity (Wildman–Crippen MR) is 71.3 cm³/mol. The van der Waals surface area contributed by atoms with Gasteiger partial charge in [0.15, 0.2) is 0 Å². The Morgan fingerprint density at radius 3 is 2.79 bits per heavy atom. The summed E-state index contributed by atoms with van der Waals surface area (Å²) in [5, 5.41) is 7.28. The monoisotopic (exact) mass is 262 g/mol. The van der Waals surface area contributed by atoms with Gasteiger partial charge in [0.25, 0.3) is 0 Å². The van der Waals surface area contributed by atoms with E-state index in [0.29, 0.717) is 5.88 Å². The largest absolute Gasteiger partial charge is 0.404 e. The van der Waals surface area contributed by atoms with E-state index in [1.807, 2.05) is 6.92 Å². The Labute approximate surface area is 112 Å². The molecule has 2 heterocycles. The van der Waals surface area contributed by atoms with Crippen LogP contribution in [0.5, 0.6) is 11.9 Å². The normalized spacial score (nSPS) is 10.5. The molecule has 0 atom stereocenters. The number of ether oxygens (including phenoxy) is 1. The van der Waals surface area contributed by atoms with Gasteiger partial charge in [-0.3, -0.25) is 4.68 Å². The Hall–Kier alpha value is -2.18. The lowest BCUT2D eigenvalue weighted by Crippen LogP contribution is -2.06. The fourth-order valence-corrected chi connectivity index (χ4v) is 1.49. The van der Waals surface area contributed by atoms with Crippen LogP contribution >= 0.6 is 0 Å². The molecule has 0 radical (unpaired) electrons. The Balaban J connectivity index is 2.18. The second-order valence-electron chi connectivity index (χ2n) is 4.09. The third-order valence-corrected chi connectivity index (χ3v) is 2.40. The van der Waals surface area contributed by atoms with Gasteiger partial charge in [0.2, 0.25) is 5.88 Å². The number of rotatable bonds is 6. The highest BCUT2D eigenvalue weighted by Gasteiger charge is 2.07. The van der Waals surface area contributed by atoms with Gasteiger partial charge in [-0.15, -0.1) is 5.10 Å². The fraction of sp³-hybridized carbons (Fsp3) is 0.500. The maximum Gasteiger partial charge on any atom is 0.342 e. The molecule has 0 unspecified atom stereocenters. The SMILES string of the molecule is CCCNc1cc(Oc2ncn(C)n2)nc(CC)n1. The van der Waals surface area contributed by atoms with Gasteiger partial charge in [-0.05, 0) is 6.42 Å². The first-order chi connectivity index (χ1) is 9.21. The van der Waals surface area contributed by atoms with Gasteiger partial charge in [-0.1, -0.05) is 13.8 Å². The second-order valence-corrected chi connectivity index (χ2v) is 4.09.